The number of aromatic nitrogens is 3. The van der Waals surface area contributed by atoms with E-state index in [0.29, 0.717) is 0 Å². The highest BCUT2D eigenvalue weighted by Gasteiger charge is 2.03. The Kier molecular flexibility index (Phi) is 6.03. The van der Waals surface area contributed by atoms with Gasteiger partial charge in [0, 0.05) is 17.9 Å². The van der Waals surface area contributed by atoms with Gasteiger partial charge in [-0.3, -0.25) is 0 Å². The van der Waals surface area contributed by atoms with Crippen LogP contribution in [0.2, 0.25) is 0 Å². The topological polar surface area (TPSA) is 41.6 Å². The molecule has 2 rings (SSSR count). The van der Waals surface area contributed by atoms with Crippen LogP contribution in [0.15, 0.2) is 42.4 Å². The third-order valence-electron chi connectivity index (χ3n) is 1.32. The van der Waals surface area contributed by atoms with Crippen LogP contribution in [0.3, 0.4) is 0 Å². The Bertz CT molecular complexity index is 372. The lowest BCUT2D eigenvalue weighted by molar-refractivity contribution is 0.940. The zero-order valence-corrected chi connectivity index (χ0v) is 13.6. The molecule has 0 aliphatic rings. The van der Waals surface area contributed by atoms with E-state index < -0.39 is 0 Å². The van der Waals surface area contributed by atoms with E-state index >= 15 is 0 Å². The third kappa shape index (κ3) is 4.34. The molecule has 0 spiro atoms. The lowest BCUT2D eigenvalue weighted by Crippen LogP contribution is -1.73. The number of benzene rings is 1. The molecule has 0 amide bonds. The summed E-state index contributed by atoms with van der Waals surface area (Å²) < 4.78 is 4.15. The number of aromatic amines is 1. The minimum absolute atomic E-state index is 1.03. The largest absolute Gasteiger partial charge is 0.198 e. The van der Waals surface area contributed by atoms with Crippen LogP contribution in [-0.4, -0.2) is 15.4 Å². The summed E-state index contributed by atoms with van der Waals surface area (Å²) in [4.78, 5) is 0. The highest BCUT2D eigenvalue weighted by molar-refractivity contribution is 9.15. The van der Waals surface area contributed by atoms with Gasteiger partial charge in [-0.25, -0.2) is 0 Å². The monoisotopic (exact) mass is 459 g/mol. The first-order valence-electron chi connectivity index (χ1n) is 3.71. The summed E-state index contributed by atoms with van der Waals surface area (Å²) in [5.74, 6) is 0. The van der Waals surface area contributed by atoms with Crippen molar-refractivity contribution in [2.75, 3.05) is 0 Å². The van der Waals surface area contributed by atoms with Crippen molar-refractivity contribution in [3.63, 3.8) is 0 Å². The highest BCUT2D eigenvalue weighted by atomic mass is 79.9. The van der Waals surface area contributed by atoms with Gasteiger partial charge in [0.05, 0.1) is 12.4 Å². The number of nitrogens with zero attached hydrogens (tertiary/aromatic N) is 2. The van der Waals surface area contributed by atoms with Gasteiger partial charge in [0.25, 0.3) is 0 Å². The van der Waals surface area contributed by atoms with Crippen molar-refractivity contribution in [2.24, 2.45) is 0 Å². The minimum Gasteiger partial charge on any atom is -0.198 e. The second-order valence-corrected chi connectivity index (χ2v) is 5.61. The summed E-state index contributed by atoms with van der Waals surface area (Å²) in [6, 6.07) is 3.94. The fraction of sp³-hybridized carbons (Fsp3) is 0. The predicted octanol–water partition coefficient (Wildman–Crippen LogP) is 4.54. The highest BCUT2D eigenvalue weighted by Crippen LogP contribution is 2.35. The molecular weight excluding hydrogens is 458 g/mol. The molecule has 80 valence electrons. The molecule has 1 N–H and O–H groups in total. The molecule has 1 aromatic heterocycles. The quantitative estimate of drug-likeness (QED) is 0.461. The maximum atomic E-state index is 3.49. The maximum absolute atomic E-state index is 3.49. The Balaban J connectivity index is 0.000000187. The summed E-state index contributed by atoms with van der Waals surface area (Å²) in [5, 5.41) is 9.33. The smallest absolute Gasteiger partial charge is 0.0690 e. The number of hydrogen-bond donors (Lipinski definition) is 1. The molecule has 0 saturated heterocycles. The van der Waals surface area contributed by atoms with Crippen LogP contribution in [-0.2, 0) is 0 Å². The van der Waals surface area contributed by atoms with Gasteiger partial charge in [-0.05, 0) is 75.9 Å². The van der Waals surface area contributed by atoms with E-state index in [2.05, 4.69) is 79.1 Å². The van der Waals surface area contributed by atoms with Gasteiger partial charge in [0.1, 0.15) is 0 Å². The van der Waals surface area contributed by atoms with Crippen LogP contribution in [0.5, 0.6) is 0 Å². The number of hydrogen-bond acceptors (Lipinski definition) is 2. The van der Waals surface area contributed by atoms with Crippen molar-refractivity contribution in [1.82, 2.24) is 15.4 Å². The lowest BCUT2D eigenvalue weighted by atomic mass is 10.4. The molecule has 0 aliphatic carbocycles. The van der Waals surface area contributed by atoms with Gasteiger partial charge in [0.2, 0.25) is 0 Å². The van der Waals surface area contributed by atoms with E-state index in [0.717, 1.165) is 17.9 Å². The van der Waals surface area contributed by atoms with Crippen molar-refractivity contribution in [1.29, 1.82) is 0 Å². The Labute approximate surface area is 121 Å². The Morgan fingerprint density at radius 1 is 0.800 bits per heavy atom. The van der Waals surface area contributed by atoms with Crippen molar-refractivity contribution in [3.8, 4) is 0 Å². The average Bonchev–Trinajstić information content (AvgIpc) is 2.79. The fourth-order valence-corrected chi connectivity index (χ4v) is 2.55. The molecule has 0 saturated carbocycles. The molecule has 1 heterocycles. The molecule has 0 unspecified atom stereocenters. The van der Waals surface area contributed by atoms with Gasteiger partial charge in [-0.1, -0.05) is 0 Å². The van der Waals surface area contributed by atoms with Crippen molar-refractivity contribution in [3.05, 3.63) is 42.4 Å². The second-order valence-electron chi connectivity index (χ2n) is 2.31. The first kappa shape index (κ1) is 13.3. The van der Waals surface area contributed by atoms with Gasteiger partial charge in [0.15, 0.2) is 0 Å². The molecule has 0 atom stereocenters. The molecular formula is C8H5Br4N3. The summed E-state index contributed by atoms with van der Waals surface area (Å²) in [6.07, 6.45) is 3.17. The van der Waals surface area contributed by atoms with Gasteiger partial charge >= 0.3 is 0 Å². The third-order valence-corrected chi connectivity index (χ3v) is 5.88. The Morgan fingerprint density at radius 3 is 1.47 bits per heavy atom. The van der Waals surface area contributed by atoms with E-state index in [1.54, 1.807) is 12.4 Å². The zero-order chi connectivity index (χ0) is 11.3. The molecule has 0 fully saturated rings. The van der Waals surface area contributed by atoms with Crippen LogP contribution in [0.25, 0.3) is 0 Å². The molecule has 3 nitrogen and oxygen atoms in total. The van der Waals surface area contributed by atoms with Crippen LogP contribution >= 0.6 is 63.7 Å². The molecule has 0 bridgehead atoms. The number of rotatable bonds is 0. The van der Waals surface area contributed by atoms with E-state index in [1.165, 1.54) is 0 Å². The van der Waals surface area contributed by atoms with Crippen LogP contribution < -0.4 is 0 Å². The average molecular weight is 463 g/mol. The van der Waals surface area contributed by atoms with Crippen LogP contribution in [0.4, 0.5) is 0 Å². The first-order chi connectivity index (χ1) is 7.13. The summed E-state index contributed by atoms with van der Waals surface area (Å²) in [7, 11) is 0. The maximum Gasteiger partial charge on any atom is 0.0690 e. The predicted molar refractivity (Wildman–Crippen MR) is 73.6 cm³/mol. The number of nitrogens with one attached hydrogen (secondary N) is 1. The SMILES string of the molecule is Brc1ccc(Br)c(Br)c1Br.c1cn[nH]n1. The molecule has 1 aromatic carbocycles. The van der Waals surface area contributed by atoms with Crippen molar-refractivity contribution in [2.45, 2.75) is 0 Å². The Hall–Kier alpha value is 0.280. The fourth-order valence-electron chi connectivity index (χ4n) is 0.669. The Morgan fingerprint density at radius 2 is 1.20 bits per heavy atom. The summed E-state index contributed by atoms with van der Waals surface area (Å²) >= 11 is 13.6. The zero-order valence-electron chi connectivity index (χ0n) is 7.22. The summed E-state index contributed by atoms with van der Waals surface area (Å²) in [6.45, 7) is 0. The van der Waals surface area contributed by atoms with Gasteiger partial charge in [-0.2, -0.15) is 15.4 Å². The van der Waals surface area contributed by atoms with Gasteiger partial charge in [-0.15, -0.1) is 0 Å². The molecule has 0 radical (unpaired) electrons. The van der Waals surface area contributed by atoms with E-state index in [4.69, 9.17) is 0 Å². The normalized spacial score (nSPS) is 9.33. The number of halogens is 4. The second kappa shape index (κ2) is 6.78. The molecule has 2 aromatic rings. The van der Waals surface area contributed by atoms with Gasteiger partial charge < -0.3 is 0 Å². The first-order valence-corrected chi connectivity index (χ1v) is 6.89. The van der Waals surface area contributed by atoms with Crippen molar-refractivity contribution >= 4 is 63.7 Å². The van der Waals surface area contributed by atoms with E-state index in [1.807, 2.05) is 12.1 Å². The standard InChI is InChI=1S/C6H2Br4.C2H3N3/c7-3-1-2-4(8)6(10)5(3)9;1-2-4-5-3-1/h1-2H;1-2H,(H,3,4,5). The molecule has 0 aliphatic heterocycles. The van der Waals surface area contributed by atoms with Crippen LogP contribution in [0, 0.1) is 0 Å². The number of H-pyrrole nitrogens is 1. The molecule has 15 heavy (non-hydrogen) atoms. The summed E-state index contributed by atoms with van der Waals surface area (Å²) in [5.41, 5.74) is 0. The van der Waals surface area contributed by atoms with E-state index in [9.17, 15) is 0 Å². The van der Waals surface area contributed by atoms with E-state index in [-0.39, 0.29) is 0 Å². The lowest BCUT2D eigenvalue weighted by Gasteiger charge is -2.00. The minimum atomic E-state index is 1.03. The van der Waals surface area contributed by atoms with Crippen molar-refractivity contribution < 1.29 is 0 Å². The molecule has 7 heteroatoms. The van der Waals surface area contributed by atoms with Crippen LogP contribution in [0.1, 0.15) is 0 Å².